The van der Waals surface area contributed by atoms with Gasteiger partial charge in [-0.3, -0.25) is 0 Å². The summed E-state index contributed by atoms with van der Waals surface area (Å²) in [5, 5.41) is 3.41. The van der Waals surface area contributed by atoms with Crippen molar-refractivity contribution in [3.8, 4) is 0 Å². The first-order chi connectivity index (χ1) is 5.85. The molecule has 1 amide bonds. The number of nitrogens with zero attached hydrogens (tertiary/aromatic N) is 1. The topological polar surface area (TPSA) is 32.3 Å². The molecule has 1 spiro atoms. The van der Waals surface area contributed by atoms with Gasteiger partial charge in [-0.25, -0.2) is 0 Å². The molecule has 1 aliphatic heterocycles. The van der Waals surface area contributed by atoms with Gasteiger partial charge < -0.3 is 15.0 Å². The quantitative estimate of drug-likeness (QED) is 0.382. The molecule has 13 heavy (non-hydrogen) atoms. The van der Waals surface area contributed by atoms with Gasteiger partial charge in [0.2, 0.25) is 0 Å². The Morgan fingerprint density at radius 2 is 2.00 bits per heavy atom. The summed E-state index contributed by atoms with van der Waals surface area (Å²) in [6, 6.07) is 0. The van der Waals surface area contributed by atoms with Crippen molar-refractivity contribution in [3.63, 3.8) is 0 Å². The van der Waals surface area contributed by atoms with Gasteiger partial charge in [-0.1, -0.05) is 13.8 Å². The minimum absolute atomic E-state index is 0. The number of carbonyl (C=O) groups excluding carboxylic acids is 1. The van der Waals surface area contributed by atoms with Crippen molar-refractivity contribution in [3.05, 3.63) is 0 Å². The van der Waals surface area contributed by atoms with Crippen LogP contribution in [0.25, 0.3) is 0 Å². The summed E-state index contributed by atoms with van der Waals surface area (Å²) < 4.78 is 0. The third-order valence-electron chi connectivity index (χ3n) is 2.36. The Morgan fingerprint density at radius 1 is 1.38 bits per heavy atom. The Kier molecular flexibility index (Phi) is 7.07. The van der Waals surface area contributed by atoms with Gasteiger partial charge in [0.1, 0.15) is 0 Å². The molecular weight excluding hydrogens is 191 g/mol. The van der Waals surface area contributed by atoms with E-state index in [0.717, 1.165) is 19.6 Å². The molecule has 1 saturated heterocycles. The van der Waals surface area contributed by atoms with Crippen molar-refractivity contribution in [2.24, 2.45) is 0 Å². The molecule has 0 aromatic heterocycles. The second kappa shape index (κ2) is 6.53. The zero-order chi connectivity index (χ0) is 9.03. The average molecular weight is 208 g/mol. The van der Waals surface area contributed by atoms with Crippen LogP contribution in [0.1, 0.15) is 26.7 Å². The first kappa shape index (κ1) is 14.1. The monoisotopic (exact) mass is 208 g/mol. The van der Waals surface area contributed by atoms with Crippen molar-refractivity contribution in [2.45, 2.75) is 32.2 Å². The van der Waals surface area contributed by atoms with Gasteiger partial charge in [0.15, 0.2) is 0 Å². The Balaban J connectivity index is 0.000000451. The van der Waals surface area contributed by atoms with Crippen molar-refractivity contribution >= 4 is 6.41 Å². The number of piperazine rings is 1. The van der Waals surface area contributed by atoms with Gasteiger partial charge in [-0.15, -0.1) is 0 Å². The normalized spacial score (nSPS) is 22.5. The van der Waals surface area contributed by atoms with Crippen molar-refractivity contribution in [2.75, 3.05) is 19.6 Å². The molecule has 0 bridgehead atoms. The van der Waals surface area contributed by atoms with Gasteiger partial charge in [0.05, 0.1) is 0 Å². The molecule has 1 saturated carbocycles. The number of hydrogen-bond donors (Lipinski definition) is 1. The van der Waals surface area contributed by atoms with E-state index >= 15 is 0 Å². The Morgan fingerprint density at radius 3 is 2.46 bits per heavy atom. The summed E-state index contributed by atoms with van der Waals surface area (Å²) in [5.41, 5.74) is 0.315. The van der Waals surface area contributed by atoms with E-state index in [0.29, 0.717) is 5.54 Å². The van der Waals surface area contributed by atoms with Gasteiger partial charge in [0.25, 0.3) is 0 Å². The van der Waals surface area contributed by atoms with E-state index in [1.54, 1.807) is 4.90 Å². The molecule has 2 fully saturated rings. The van der Waals surface area contributed by atoms with Crippen molar-refractivity contribution in [1.29, 1.82) is 0 Å². The fourth-order valence-corrected chi connectivity index (χ4v) is 1.52. The minimum atomic E-state index is 0. The van der Waals surface area contributed by atoms with Crippen LogP contribution in [0.5, 0.6) is 0 Å². The molecule has 0 atom stereocenters. The van der Waals surface area contributed by atoms with Crippen molar-refractivity contribution in [1.82, 2.24) is 10.2 Å². The second-order valence-corrected chi connectivity index (χ2v) is 3.22. The summed E-state index contributed by atoms with van der Waals surface area (Å²) in [6.07, 6.45) is 4.40. The number of amides is 1. The third-order valence-corrected chi connectivity index (χ3v) is 2.36. The number of hydrogen-bond acceptors (Lipinski definition) is 2. The molecule has 0 aromatic carbocycles. The van der Waals surface area contributed by atoms with E-state index in [2.05, 4.69) is 5.32 Å². The molecule has 0 radical (unpaired) electrons. The van der Waals surface area contributed by atoms with Crippen LogP contribution in [0.3, 0.4) is 0 Å². The Labute approximate surface area is 123 Å². The standard InChI is InChI=1S/C7H11N2O.C2H6.K/c10-6-9-4-3-8-7(5-9)1-2-7;1-2;/h8H,1-5H2;1-2H3;/q-1;;+1. The van der Waals surface area contributed by atoms with E-state index in [1.165, 1.54) is 12.8 Å². The fourth-order valence-electron chi connectivity index (χ4n) is 1.52. The average Bonchev–Trinajstić information content (AvgIpc) is 2.88. The summed E-state index contributed by atoms with van der Waals surface area (Å²) >= 11 is 0. The molecular formula is C9H17KN2O. The molecule has 3 nitrogen and oxygen atoms in total. The van der Waals surface area contributed by atoms with Crippen molar-refractivity contribution < 1.29 is 56.2 Å². The van der Waals surface area contributed by atoms with Crippen LogP contribution in [0.2, 0.25) is 0 Å². The SMILES string of the molecule is CC.O=[C-]N1CCNC2(CC2)C1.[K+]. The molecule has 1 heterocycles. The molecule has 70 valence electrons. The maximum atomic E-state index is 10.2. The summed E-state index contributed by atoms with van der Waals surface area (Å²) in [5.74, 6) is 0. The van der Waals surface area contributed by atoms with E-state index in [-0.39, 0.29) is 51.4 Å². The number of rotatable bonds is 1. The summed E-state index contributed by atoms with van der Waals surface area (Å²) in [4.78, 5) is 12.0. The molecule has 2 aliphatic rings. The van der Waals surface area contributed by atoms with Crippen LogP contribution < -0.4 is 56.7 Å². The summed E-state index contributed by atoms with van der Waals surface area (Å²) in [7, 11) is 0. The van der Waals surface area contributed by atoms with Gasteiger partial charge >= 0.3 is 51.4 Å². The van der Waals surface area contributed by atoms with Gasteiger partial charge in [-0.05, 0) is 12.8 Å². The number of nitrogens with one attached hydrogen (secondary N) is 1. The van der Waals surface area contributed by atoms with Crippen LogP contribution in [-0.2, 0) is 4.79 Å². The zero-order valence-electron chi connectivity index (χ0n) is 8.89. The van der Waals surface area contributed by atoms with Crippen LogP contribution >= 0.6 is 0 Å². The largest absolute Gasteiger partial charge is 1.00 e. The first-order valence-corrected chi connectivity index (χ1v) is 4.72. The smallest absolute Gasteiger partial charge is 0.520 e. The van der Waals surface area contributed by atoms with E-state index in [9.17, 15) is 4.79 Å². The van der Waals surface area contributed by atoms with E-state index in [1.807, 2.05) is 20.3 Å². The Hall–Kier alpha value is 1.07. The maximum Gasteiger partial charge on any atom is 1.00 e. The van der Waals surface area contributed by atoms with E-state index < -0.39 is 0 Å². The second-order valence-electron chi connectivity index (χ2n) is 3.22. The molecule has 1 N–H and O–H groups in total. The van der Waals surface area contributed by atoms with Crippen LogP contribution in [0.15, 0.2) is 0 Å². The van der Waals surface area contributed by atoms with Gasteiger partial charge in [0, 0.05) is 25.2 Å². The van der Waals surface area contributed by atoms with Crippen LogP contribution in [-0.4, -0.2) is 36.5 Å². The fraction of sp³-hybridized carbons (Fsp3) is 0.889. The Bertz CT molecular complexity index is 160. The molecule has 0 aromatic rings. The van der Waals surface area contributed by atoms with E-state index in [4.69, 9.17) is 0 Å². The maximum absolute atomic E-state index is 10.2. The van der Waals surface area contributed by atoms with Crippen LogP contribution in [0, 0.1) is 0 Å². The third kappa shape index (κ3) is 3.97. The zero-order valence-corrected chi connectivity index (χ0v) is 12.0. The van der Waals surface area contributed by atoms with Crippen LogP contribution in [0.4, 0.5) is 0 Å². The summed E-state index contributed by atoms with van der Waals surface area (Å²) in [6.45, 7) is 6.64. The minimum Gasteiger partial charge on any atom is -0.520 e. The molecule has 2 rings (SSSR count). The first-order valence-electron chi connectivity index (χ1n) is 4.72. The predicted molar refractivity (Wildman–Crippen MR) is 48.6 cm³/mol. The molecule has 0 unspecified atom stereocenters. The molecule has 1 aliphatic carbocycles. The predicted octanol–water partition coefficient (Wildman–Crippen LogP) is -2.48. The molecule has 4 heteroatoms. The van der Waals surface area contributed by atoms with Gasteiger partial charge in [-0.2, -0.15) is 6.41 Å².